The van der Waals surface area contributed by atoms with Crippen LogP contribution < -0.4 is 4.74 Å². The summed E-state index contributed by atoms with van der Waals surface area (Å²) in [5, 5.41) is 0.584. The minimum Gasteiger partial charge on any atom is -0.495 e. The van der Waals surface area contributed by atoms with Crippen LogP contribution in [0.5, 0.6) is 5.75 Å². The summed E-state index contributed by atoms with van der Waals surface area (Å²) in [4.78, 5) is 8.62. The number of ether oxygens (including phenoxy) is 1. The monoisotopic (exact) mass is 273 g/mol. The van der Waals surface area contributed by atoms with Crippen molar-refractivity contribution >= 4 is 17.2 Å². The van der Waals surface area contributed by atoms with Gasteiger partial charge < -0.3 is 4.74 Å². The fourth-order valence-electron chi connectivity index (χ4n) is 2.09. The summed E-state index contributed by atoms with van der Waals surface area (Å²) in [6.07, 6.45) is 5.48. The molecule has 0 aliphatic carbocycles. The Hall–Kier alpha value is -2.07. The van der Waals surface area contributed by atoms with Gasteiger partial charge in [-0.2, -0.15) is 0 Å². The van der Waals surface area contributed by atoms with E-state index in [9.17, 15) is 0 Å². The first-order chi connectivity index (χ1) is 9.20. The molecular weight excluding hydrogens is 262 g/mol. The molecule has 19 heavy (non-hydrogen) atoms. The first kappa shape index (κ1) is 12.0. The summed E-state index contributed by atoms with van der Waals surface area (Å²) in [5.41, 5.74) is 3.71. The minimum atomic E-state index is 0.584. The Bertz CT molecular complexity index is 752. The third-order valence-electron chi connectivity index (χ3n) is 3.05. The van der Waals surface area contributed by atoms with E-state index in [-0.39, 0.29) is 0 Å². The van der Waals surface area contributed by atoms with E-state index in [1.165, 1.54) is 0 Å². The zero-order valence-corrected chi connectivity index (χ0v) is 11.3. The van der Waals surface area contributed by atoms with Crippen molar-refractivity contribution < 1.29 is 4.74 Å². The van der Waals surface area contributed by atoms with Gasteiger partial charge in [0.15, 0.2) is 5.65 Å². The van der Waals surface area contributed by atoms with E-state index < -0.39 is 0 Å². The van der Waals surface area contributed by atoms with Crippen molar-refractivity contribution in [3.63, 3.8) is 0 Å². The van der Waals surface area contributed by atoms with E-state index in [1.807, 2.05) is 41.9 Å². The van der Waals surface area contributed by atoms with Crippen LogP contribution in [0.25, 0.3) is 16.9 Å². The molecule has 5 heteroatoms. The fraction of sp³-hybridized carbons (Fsp3) is 0.143. The van der Waals surface area contributed by atoms with Gasteiger partial charge in [-0.1, -0.05) is 11.6 Å². The van der Waals surface area contributed by atoms with Crippen molar-refractivity contribution in [2.24, 2.45) is 0 Å². The van der Waals surface area contributed by atoms with Gasteiger partial charge in [0.2, 0.25) is 0 Å². The Labute approximate surface area is 115 Å². The molecule has 0 spiro atoms. The smallest absolute Gasteiger partial charge is 0.158 e. The lowest BCUT2D eigenvalue weighted by molar-refractivity contribution is 0.415. The van der Waals surface area contributed by atoms with Gasteiger partial charge in [0.05, 0.1) is 29.7 Å². The first-order valence-corrected chi connectivity index (χ1v) is 6.21. The van der Waals surface area contributed by atoms with Crippen molar-refractivity contribution in [1.82, 2.24) is 14.4 Å². The van der Waals surface area contributed by atoms with Crippen molar-refractivity contribution in [2.75, 3.05) is 7.11 Å². The van der Waals surface area contributed by atoms with Gasteiger partial charge in [0.1, 0.15) is 5.75 Å². The normalized spacial score (nSPS) is 10.9. The quantitative estimate of drug-likeness (QED) is 0.719. The number of nitrogens with zero attached hydrogens (tertiary/aromatic N) is 3. The molecule has 0 radical (unpaired) electrons. The molecule has 0 aliphatic rings. The fourth-order valence-corrected chi connectivity index (χ4v) is 2.35. The van der Waals surface area contributed by atoms with E-state index in [0.29, 0.717) is 10.8 Å². The standard InChI is InChI=1S/C14H12ClN3O/c1-9-14-17-8-12(18(14)6-5-16-9)10-3-4-13(19-2)11(15)7-10/h3-8H,1-2H3. The number of fused-ring (bicyclic) bond motifs is 1. The molecule has 96 valence electrons. The van der Waals surface area contributed by atoms with E-state index >= 15 is 0 Å². The number of aryl methyl sites for hydroxylation is 1. The van der Waals surface area contributed by atoms with Crippen molar-refractivity contribution in [3.8, 4) is 17.0 Å². The molecule has 1 aromatic carbocycles. The number of hydrogen-bond donors (Lipinski definition) is 0. The summed E-state index contributed by atoms with van der Waals surface area (Å²) in [6, 6.07) is 5.69. The molecule has 0 N–H and O–H groups in total. The SMILES string of the molecule is COc1ccc(-c2cnc3c(C)nccn23)cc1Cl. The number of methoxy groups -OCH3 is 1. The zero-order chi connectivity index (χ0) is 13.4. The molecule has 0 amide bonds. The number of rotatable bonds is 2. The molecule has 0 saturated heterocycles. The maximum Gasteiger partial charge on any atom is 0.158 e. The highest BCUT2D eigenvalue weighted by molar-refractivity contribution is 6.32. The predicted molar refractivity (Wildman–Crippen MR) is 74.7 cm³/mol. The number of benzene rings is 1. The van der Waals surface area contributed by atoms with E-state index in [2.05, 4.69) is 9.97 Å². The average molecular weight is 274 g/mol. The van der Waals surface area contributed by atoms with Crippen molar-refractivity contribution in [2.45, 2.75) is 6.92 Å². The number of aromatic nitrogens is 3. The van der Waals surface area contributed by atoms with E-state index in [4.69, 9.17) is 16.3 Å². The van der Waals surface area contributed by atoms with Gasteiger partial charge >= 0.3 is 0 Å². The molecule has 0 unspecified atom stereocenters. The van der Waals surface area contributed by atoms with Crippen LogP contribution in [-0.2, 0) is 0 Å². The van der Waals surface area contributed by atoms with Crippen LogP contribution >= 0.6 is 11.6 Å². The second-order valence-corrected chi connectivity index (χ2v) is 4.61. The molecule has 3 aromatic rings. The lowest BCUT2D eigenvalue weighted by Gasteiger charge is -2.06. The number of imidazole rings is 1. The van der Waals surface area contributed by atoms with Gasteiger partial charge in [-0.25, -0.2) is 4.98 Å². The van der Waals surface area contributed by atoms with Gasteiger partial charge in [0.25, 0.3) is 0 Å². The molecule has 4 nitrogen and oxygen atoms in total. The lowest BCUT2D eigenvalue weighted by Crippen LogP contribution is -1.93. The highest BCUT2D eigenvalue weighted by Crippen LogP contribution is 2.30. The summed E-state index contributed by atoms with van der Waals surface area (Å²) >= 11 is 6.16. The third kappa shape index (κ3) is 1.94. The van der Waals surface area contributed by atoms with Crippen LogP contribution in [0.3, 0.4) is 0 Å². The van der Waals surface area contributed by atoms with Crippen LogP contribution in [0, 0.1) is 6.92 Å². The Morgan fingerprint density at radius 2 is 2.11 bits per heavy atom. The maximum absolute atomic E-state index is 6.16. The maximum atomic E-state index is 6.16. The van der Waals surface area contributed by atoms with Gasteiger partial charge in [-0.05, 0) is 25.1 Å². The summed E-state index contributed by atoms with van der Waals surface area (Å²) in [6.45, 7) is 1.94. The average Bonchev–Trinajstić information content (AvgIpc) is 2.84. The third-order valence-corrected chi connectivity index (χ3v) is 3.35. The van der Waals surface area contributed by atoms with Crippen molar-refractivity contribution in [3.05, 3.63) is 47.5 Å². The van der Waals surface area contributed by atoms with Crippen LogP contribution in [0.4, 0.5) is 0 Å². The number of hydrogen-bond acceptors (Lipinski definition) is 3. The van der Waals surface area contributed by atoms with Crippen molar-refractivity contribution in [1.29, 1.82) is 0 Å². The first-order valence-electron chi connectivity index (χ1n) is 5.83. The highest BCUT2D eigenvalue weighted by Gasteiger charge is 2.10. The predicted octanol–water partition coefficient (Wildman–Crippen LogP) is 3.37. The summed E-state index contributed by atoms with van der Waals surface area (Å²) in [5.74, 6) is 0.664. The van der Waals surface area contributed by atoms with Crippen LogP contribution in [0.2, 0.25) is 5.02 Å². The molecule has 0 saturated carbocycles. The zero-order valence-electron chi connectivity index (χ0n) is 10.6. The topological polar surface area (TPSA) is 39.4 Å². The molecular formula is C14H12ClN3O. The van der Waals surface area contributed by atoms with Crippen LogP contribution in [0.15, 0.2) is 36.8 Å². The second-order valence-electron chi connectivity index (χ2n) is 4.20. The molecule has 2 aromatic heterocycles. The summed E-state index contributed by atoms with van der Waals surface area (Å²) in [7, 11) is 1.60. The Morgan fingerprint density at radius 3 is 2.84 bits per heavy atom. The van der Waals surface area contributed by atoms with E-state index in [1.54, 1.807) is 13.3 Å². The molecule has 0 aliphatic heterocycles. The summed E-state index contributed by atoms with van der Waals surface area (Å²) < 4.78 is 7.16. The molecule has 2 heterocycles. The molecule has 0 atom stereocenters. The van der Waals surface area contributed by atoms with Crippen LogP contribution in [-0.4, -0.2) is 21.5 Å². The second kappa shape index (κ2) is 4.55. The Balaban J connectivity index is 2.19. The van der Waals surface area contributed by atoms with Gasteiger partial charge in [-0.3, -0.25) is 9.38 Å². The van der Waals surface area contributed by atoms with Crippen LogP contribution in [0.1, 0.15) is 5.69 Å². The molecule has 0 fully saturated rings. The van der Waals surface area contributed by atoms with Gasteiger partial charge in [-0.15, -0.1) is 0 Å². The highest BCUT2D eigenvalue weighted by atomic mass is 35.5. The number of halogens is 1. The molecule has 3 rings (SSSR count). The largest absolute Gasteiger partial charge is 0.495 e. The minimum absolute atomic E-state index is 0.584. The van der Waals surface area contributed by atoms with E-state index in [0.717, 1.165) is 22.6 Å². The lowest BCUT2D eigenvalue weighted by atomic mass is 10.1. The Morgan fingerprint density at radius 1 is 1.26 bits per heavy atom. The van der Waals surface area contributed by atoms with Gasteiger partial charge in [0, 0.05) is 18.0 Å². The Kier molecular flexibility index (Phi) is 2.87. The molecule has 0 bridgehead atoms.